The van der Waals surface area contributed by atoms with Crippen molar-refractivity contribution < 1.29 is 4.39 Å². The zero-order chi connectivity index (χ0) is 13.5. The van der Waals surface area contributed by atoms with E-state index in [1.54, 1.807) is 7.05 Å². The summed E-state index contributed by atoms with van der Waals surface area (Å²) in [5.74, 6) is 0.527. The Kier molecular flexibility index (Phi) is 5.58. The van der Waals surface area contributed by atoms with Gasteiger partial charge in [-0.15, -0.1) is 0 Å². The molecule has 0 spiro atoms. The van der Waals surface area contributed by atoms with Crippen molar-refractivity contribution in [2.45, 2.75) is 6.04 Å². The highest BCUT2D eigenvalue weighted by atomic mass is 19.1. The summed E-state index contributed by atoms with van der Waals surface area (Å²) in [6.45, 7) is 0.701. The molecule has 4 nitrogen and oxygen atoms in total. The van der Waals surface area contributed by atoms with E-state index in [4.69, 9.17) is 0 Å². The van der Waals surface area contributed by atoms with Gasteiger partial charge in [-0.3, -0.25) is 4.99 Å². The van der Waals surface area contributed by atoms with Crippen LogP contribution in [-0.2, 0) is 0 Å². The van der Waals surface area contributed by atoms with Crippen molar-refractivity contribution in [1.82, 2.24) is 15.5 Å². The number of benzene rings is 1. The van der Waals surface area contributed by atoms with Crippen LogP contribution >= 0.6 is 0 Å². The van der Waals surface area contributed by atoms with Crippen molar-refractivity contribution in [2.24, 2.45) is 4.99 Å². The molecule has 1 rings (SSSR count). The van der Waals surface area contributed by atoms with Gasteiger partial charge >= 0.3 is 0 Å². The maximum atomic E-state index is 12.9. The fraction of sp³-hybridized carbons (Fsp3) is 0.462. The van der Waals surface area contributed by atoms with Gasteiger partial charge in [-0.1, -0.05) is 12.1 Å². The van der Waals surface area contributed by atoms with E-state index in [0.29, 0.717) is 6.54 Å². The summed E-state index contributed by atoms with van der Waals surface area (Å²) in [6, 6.07) is 6.75. The van der Waals surface area contributed by atoms with Gasteiger partial charge in [-0.25, -0.2) is 4.39 Å². The van der Waals surface area contributed by atoms with E-state index in [1.807, 2.05) is 33.3 Å². The van der Waals surface area contributed by atoms with Gasteiger partial charge in [0.15, 0.2) is 5.96 Å². The smallest absolute Gasteiger partial charge is 0.190 e. The minimum Gasteiger partial charge on any atom is -0.359 e. The summed E-state index contributed by atoms with van der Waals surface area (Å²) in [5, 5.41) is 6.18. The van der Waals surface area contributed by atoms with Gasteiger partial charge < -0.3 is 15.5 Å². The molecule has 2 N–H and O–H groups in total. The first-order valence-electron chi connectivity index (χ1n) is 5.88. The minimum absolute atomic E-state index is 0.163. The Morgan fingerprint density at radius 1 is 1.33 bits per heavy atom. The van der Waals surface area contributed by atoms with Gasteiger partial charge in [0, 0.05) is 20.6 Å². The third-order valence-electron chi connectivity index (χ3n) is 2.80. The summed E-state index contributed by atoms with van der Waals surface area (Å²) < 4.78 is 12.9. The van der Waals surface area contributed by atoms with Crippen LogP contribution < -0.4 is 10.6 Å². The summed E-state index contributed by atoms with van der Waals surface area (Å²) in [4.78, 5) is 6.15. The lowest BCUT2D eigenvalue weighted by Gasteiger charge is -2.25. The highest BCUT2D eigenvalue weighted by molar-refractivity contribution is 5.79. The second kappa shape index (κ2) is 6.96. The molecule has 1 aromatic rings. The zero-order valence-corrected chi connectivity index (χ0v) is 11.4. The quantitative estimate of drug-likeness (QED) is 0.625. The van der Waals surface area contributed by atoms with E-state index in [9.17, 15) is 4.39 Å². The van der Waals surface area contributed by atoms with Crippen molar-refractivity contribution in [2.75, 3.05) is 34.7 Å². The second-order valence-corrected chi connectivity index (χ2v) is 4.23. The zero-order valence-electron chi connectivity index (χ0n) is 11.4. The van der Waals surface area contributed by atoms with Crippen LogP contribution in [0.2, 0.25) is 0 Å². The molecule has 0 saturated heterocycles. The van der Waals surface area contributed by atoms with Crippen LogP contribution in [0.5, 0.6) is 0 Å². The van der Waals surface area contributed by atoms with Crippen LogP contribution in [0.25, 0.3) is 0 Å². The third kappa shape index (κ3) is 4.00. The van der Waals surface area contributed by atoms with E-state index >= 15 is 0 Å². The molecular weight excluding hydrogens is 231 g/mol. The summed E-state index contributed by atoms with van der Waals surface area (Å²) in [5.41, 5.74) is 1.07. The Hall–Kier alpha value is -1.62. The molecule has 0 fully saturated rings. The highest BCUT2D eigenvalue weighted by Gasteiger charge is 2.14. The lowest BCUT2D eigenvalue weighted by Crippen LogP contribution is -2.40. The van der Waals surface area contributed by atoms with Crippen molar-refractivity contribution in [1.29, 1.82) is 0 Å². The molecule has 5 heteroatoms. The maximum absolute atomic E-state index is 12.9. The Bertz CT molecular complexity index is 386. The van der Waals surface area contributed by atoms with Crippen molar-refractivity contribution >= 4 is 5.96 Å². The molecule has 0 radical (unpaired) electrons. The molecule has 100 valence electrons. The van der Waals surface area contributed by atoms with Gasteiger partial charge in [0.1, 0.15) is 5.82 Å². The predicted molar refractivity (Wildman–Crippen MR) is 73.2 cm³/mol. The predicted octanol–water partition coefficient (Wildman–Crippen LogP) is 1.22. The Labute approximate surface area is 108 Å². The van der Waals surface area contributed by atoms with Crippen LogP contribution in [0.4, 0.5) is 4.39 Å². The monoisotopic (exact) mass is 252 g/mol. The first-order chi connectivity index (χ1) is 8.58. The molecule has 1 atom stereocenters. The van der Waals surface area contributed by atoms with Crippen molar-refractivity contribution in [3.05, 3.63) is 35.6 Å². The summed E-state index contributed by atoms with van der Waals surface area (Å²) in [7, 11) is 7.54. The standard InChI is InChI=1S/C13H21FN4/c1-15-13(16-2)17-9-12(18(3)4)10-5-7-11(14)8-6-10/h5-8,12H,9H2,1-4H3,(H2,15,16,17)/t12-/m1/s1. The normalized spacial score (nSPS) is 13.6. The largest absolute Gasteiger partial charge is 0.359 e. The molecule has 1 aromatic carbocycles. The first-order valence-corrected chi connectivity index (χ1v) is 5.88. The van der Waals surface area contributed by atoms with E-state index in [1.165, 1.54) is 12.1 Å². The fourth-order valence-corrected chi connectivity index (χ4v) is 1.76. The fourth-order valence-electron chi connectivity index (χ4n) is 1.76. The number of likely N-dealkylation sites (N-methyl/N-ethyl adjacent to an activating group) is 1. The molecule has 0 amide bonds. The molecule has 0 aliphatic rings. The summed E-state index contributed by atoms with van der Waals surface area (Å²) in [6.07, 6.45) is 0. The average Bonchev–Trinajstić information content (AvgIpc) is 2.36. The second-order valence-electron chi connectivity index (χ2n) is 4.23. The molecular formula is C13H21FN4. The van der Waals surface area contributed by atoms with Crippen LogP contribution in [0.3, 0.4) is 0 Å². The SMILES string of the molecule is CN=C(NC)NC[C@H](c1ccc(F)cc1)N(C)C. The van der Waals surface area contributed by atoms with Gasteiger partial charge in [0.2, 0.25) is 0 Å². The van der Waals surface area contributed by atoms with E-state index in [0.717, 1.165) is 11.5 Å². The summed E-state index contributed by atoms with van der Waals surface area (Å²) >= 11 is 0. The number of hydrogen-bond acceptors (Lipinski definition) is 2. The van der Waals surface area contributed by atoms with Crippen molar-refractivity contribution in [3.8, 4) is 0 Å². The average molecular weight is 252 g/mol. The topological polar surface area (TPSA) is 39.7 Å². The molecule has 0 bridgehead atoms. The van der Waals surface area contributed by atoms with Gasteiger partial charge in [0.05, 0.1) is 6.04 Å². The number of hydrogen-bond donors (Lipinski definition) is 2. The van der Waals surface area contributed by atoms with E-state index in [2.05, 4.69) is 20.5 Å². The number of rotatable bonds is 4. The lowest BCUT2D eigenvalue weighted by atomic mass is 10.1. The lowest BCUT2D eigenvalue weighted by molar-refractivity contribution is 0.298. The number of nitrogens with one attached hydrogen (secondary N) is 2. The molecule has 0 aliphatic heterocycles. The van der Waals surface area contributed by atoms with Gasteiger partial charge in [-0.05, 0) is 31.8 Å². The highest BCUT2D eigenvalue weighted by Crippen LogP contribution is 2.17. The van der Waals surface area contributed by atoms with Crippen molar-refractivity contribution in [3.63, 3.8) is 0 Å². The third-order valence-corrected chi connectivity index (χ3v) is 2.80. The minimum atomic E-state index is -0.213. The van der Waals surface area contributed by atoms with Crippen LogP contribution in [-0.4, -0.2) is 45.6 Å². The number of guanidine groups is 1. The first kappa shape index (κ1) is 14.4. The van der Waals surface area contributed by atoms with Crippen LogP contribution in [0.15, 0.2) is 29.3 Å². The molecule has 0 unspecified atom stereocenters. The Morgan fingerprint density at radius 2 is 1.94 bits per heavy atom. The molecule has 0 aliphatic carbocycles. The molecule has 0 saturated carbocycles. The van der Waals surface area contributed by atoms with Gasteiger partial charge in [0.25, 0.3) is 0 Å². The Balaban J connectivity index is 2.74. The molecule has 0 heterocycles. The van der Waals surface area contributed by atoms with Crippen LogP contribution in [0.1, 0.15) is 11.6 Å². The number of halogens is 1. The maximum Gasteiger partial charge on any atom is 0.190 e. The molecule has 18 heavy (non-hydrogen) atoms. The Morgan fingerprint density at radius 3 is 2.39 bits per heavy atom. The van der Waals surface area contributed by atoms with Crippen LogP contribution in [0, 0.1) is 5.82 Å². The van der Waals surface area contributed by atoms with E-state index in [-0.39, 0.29) is 11.9 Å². The van der Waals surface area contributed by atoms with E-state index < -0.39 is 0 Å². The molecule has 0 aromatic heterocycles. The number of aliphatic imine (C=N–C) groups is 1. The number of nitrogens with zero attached hydrogens (tertiary/aromatic N) is 2. The van der Waals surface area contributed by atoms with Gasteiger partial charge in [-0.2, -0.15) is 0 Å².